The Hall–Kier alpha value is -3.14. The zero-order chi connectivity index (χ0) is 16.5. The molecule has 0 N–H and O–H groups in total. The summed E-state index contributed by atoms with van der Waals surface area (Å²) in [6.07, 6.45) is 5.38. The van der Waals surface area contributed by atoms with Crippen LogP contribution in [0.2, 0.25) is 0 Å². The number of fused-ring (bicyclic) bond motifs is 1. The molecule has 0 fully saturated rings. The lowest BCUT2D eigenvalue weighted by Gasteiger charge is -2.10. The van der Waals surface area contributed by atoms with Crippen LogP contribution in [0, 0.1) is 0 Å². The van der Waals surface area contributed by atoms with Crippen molar-refractivity contribution in [1.29, 1.82) is 0 Å². The van der Waals surface area contributed by atoms with E-state index in [2.05, 4.69) is 29.2 Å². The molecule has 2 aromatic heterocycles. The molecule has 0 atom stereocenters. The fourth-order valence-electron chi connectivity index (χ4n) is 2.99. The molecule has 0 aliphatic heterocycles. The summed E-state index contributed by atoms with van der Waals surface area (Å²) in [5, 5.41) is 2.33. The van der Waals surface area contributed by atoms with Crippen molar-refractivity contribution >= 4 is 10.8 Å². The molecule has 0 amide bonds. The zero-order valence-corrected chi connectivity index (χ0v) is 13.4. The molecule has 0 saturated heterocycles. The van der Waals surface area contributed by atoms with Crippen LogP contribution >= 0.6 is 0 Å². The number of rotatable bonds is 3. The molecule has 0 radical (unpaired) electrons. The minimum absolute atomic E-state index is 0.0124. The van der Waals surface area contributed by atoms with Gasteiger partial charge in [0.1, 0.15) is 0 Å². The number of aromatic nitrogens is 3. The molecule has 118 valence electrons. The van der Waals surface area contributed by atoms with Gasteiger partial charge in [-0.15, -0.1) is 0 Å². The standard InChI is InChI=1S/C20H17N3O/c1-22-14-21-12-17(22)13-23-10-9-16(11-20(23)24)19-8-4-6-15-5-2-3-7-18(15)19/h2-12,14H,13H2,1H3. The number of imidazole rings is 1. The highest BCUT2D eigenvalue weighted by molar-refractivity contribution is 5.96. The number of aryl methyl sites for hydroxylation is 1. The van der Waals surface area contributed by atoms with Crippen LogP contribution < -0.4 is 5.56 Å². The van der Waals surface area contributed by atoms with E-state index >= 15 is 0 Å². The molecule has 0 aliphatic carbocycles. The molecule has 4 nitrogen and oxygen atoms in total. The van der Waals surface area contributed by atoms with Crippen LogP contribution in [0.4, 0.5) is 0 Å². The summed E-state index contributed by atoms with van der Waals surface area (Å²) < 4.78 is 3.62. The second-order valence-electron chi connectivity index (χ2n) is 5.90. The molecule has 2 heterocycles. The highest BCUT2D eigenvalue weighted by Crippen LogP contribution is 2.27. The first-order valence-electron chi connectivity index (χ1n) is 7.86. The zero-order valence-electron chi connectivity index (χ0n) is 13.4. The van der Waals surface area contributed by atoms with Gasteiger partial charge < -0.3 is 9.13 Å². The summed E-state index contributed by atoms with van der Waals surface area (Å²) in [7, 11) is 1.93. The average Bonchev–Trinajstić information content (AvgIpc) is 3.01. The monoisotopic (exact) mass is 315 g/mol. The lowest BCUT2D eigenvalue weighted by Crippen LogP contribution is -2.20. The molecule has 0 spiro atoms. The van der Waals surface area contributed by atoms with Crippen molar-refractivity contribution in [3.05, 3.63) is 89.4 Å². The SMILES string of the molecule is Cn1cncc1Cn1ccc(-c2cccc3ccccc23)cc1=O. The Kier molecular flexibility index (Phi) is 3.50. The van der Waals surface area contributed by atoms with Crippen molar-refractivity contribution in [3.63, 3.8) is 0 Å². The lowest BCUT2D eigenvalue weighted by molar-refractivity contribution is 0.700. The highest BCUT2D eigenvalue weighted by Gasteiger charge is 2.07. The van der Waals surface area contributed by atoms with Gasteiger partial charge in [0, 0.05) is 25.5 Å². The number of hydrogen-bond donors (Lipinski definition) is 0. The average molecular weight is 315 g/mol. The van der Waals surface area contributed by atoms with Crippen LogP contribution in [0.3, 0.4) is 0 Å². The van der Waals surface area contributed by atoms with Gasteiger partial charge in [-0.05, 0) is 28.0 Å². The Bertz CT molecular complexity index is 1070. The van der Waals surface area contributed by atoms with Gasteiger partial charge in [-0.3, -0.25) is 4.79 Å². The molecule has 0 aliphatic rings. The van der Waals surface area contributed by atoms with Gasteiger partial charge in [0.2, 0.25) is 0 Å². The first kappa shape index (κ1) is 14.5. The summed E-state index contributed by atoms with van der Waals surface area (Å²) in [5.41, 5.74) is 3.01. The maximum Gasteiger partial charge on any atom is 0.251 e. The van der Waals surface area contributed by atoms with Gasteiger partial charge in [-0.2, -0.15) is 0 Å². The first-order chi connectivity index (χ1) is 11.7. The Morgan fingerprint density at radius 3 is 2.67 bits per heavy atom. The Labute approximate surface area is 139 Å². The molecule has 4 rings (SSSR count). The van der Waals surface area contributed by atoms with Crippen LogP contribution in [0.15, 0.2) is 78.1 Å². The molecule has 0 unspecified atom stereocenters. The van der Waals surface area contributed by atoms with E-state index in [1.165, 1.54) is 5.39 Å². The first-order valence-corrected chi connectivity index (χ1v) is 7.86. The molecule has 4 aromatic rings. The number of benzene rings is 2. The molecule has 4 heteroatoms. The predicted molar refractivity (Wildman–Crippen MR) is 96.0 cm³/mol. The second kappa shape index (κ2) is 5.81. The lowest BCUT2D eigenvalue weighted by atomic mass is 9.99. The van der Waals surface area contributed by atoms with Crippen molar-refractivity contribution < 1.29 is 0 Å². The summed E-state index contributed by atoms with van der Waals surface area (Å²) in [5.74, 6) is 0. The van der Waals surface area contributed by atoms with Crippen LogP contribution in [0.5, 0.6) is 0 Å². The fraction of sp³-hybridized carbons (Fsp3) is 0.100. The molecule has 0 bridgehead atoms. The van der Waals surface area contributed by atoms with E-state index < -0.39 is 0 Å². The van der Waals surface area contributed by atoms with Crippen molar-refractivity contribution in [3.8, 4) is 11.1 Å². The van der Waals surface area contributed by atoms with E-state index in [0.29, 0.717) is 6.54 Å². The third-order valence-electron chi connectivity index (χ3n) is 4.35. The van der Waals surface area contributed by atoms with Gasteiger partial charge in [0.25, 0.3) is 5.56 Å². The van der Waals surface area contributed by atoms with Crippen molar-refractivity contribution in [2.45, 2.75) is 6.54 Å². The summed E-state index contributed by atoms with van der Waals surface area (Å²) in [6, 6.07) is 18.1. The highest BCUT2D eigenvalue weighted by atomic mass is 16.1. The topological polar surface area (TPSA) is 39.8 Å². The Morgan fingerprint density at radius 1 is 1.04 bits per heavy atom. The smallest absolute Gasteiger partial charge is 0.251 e. The normalized spacial score (nSPS) is 11.0. The second-order valence-corrected chi connectivity index (χ2v) is 5.90. The van der Waals surface area contributed by atoms with Gasteiger partial charge in [0.15, 0.2) is 0 Å². The summed E-state index contributed by atoms with van der Waals surface area (Å²) in [4.78, 5) is 16.6. The van der Waals surface area contributed by atoms with E-state index in [-0.39, 0.29) is 5.56 Å². The van der Waals surface area contributed by atoms with Crippen LogP contribution in [0.1, 0.15) is 5.69 Å². The van der Waals surface area contributed by atoms with Gasteiger partial charge in [0.05, 0.1) is 18.6 Å². The van der Waals surface area contributed by atoms with Crippen LogP contribution in [0.25, 0.3) is 21.9 Å². The molecular weight excluding hydrogens is 298 g/mol. The summed E-state index contributed by atoms with van der Waals surface area (Å²) in [6.45, 7) is 0.519. The van der Waals surface area contributed by atoms with E-state index in [1.807, 2.05) is 42.1 Å². The Balaban J connectivity index is 1.76. The number of pyridine rings is 1. The van der Waals surface area contributed by atoms with Crippen LogP contribution in [-0.4, -0.2) is 14.1 Å². The van der Waals surface area contributed by atoms with Gasteiger partial charge in [-0.1, -0.05) is 42.5 Å². The summed E-state index contributed by atoms with van der Waals surface area (Å²) >= 11 is 0. The van der Waals surface area contributed by atoms with Gasteiger partial charge in [-0.25, -0.2) is 4.98 Å². The van der Waals surface area contributed by atoms with E-state index in [1.54, 1.807) is 23.2 Å². The largest absolute Gasteiger partial charge is 0.336 e. The van der Waals surface area contributed by atoms with Crippen molar-refractivity contribution in [1.82, 2.24) is 14.1 Å². The predicted octanol–water partition coefficient (Wildman–Crippen LogP) is 3.45. The maximum atomic E-state index is 12.5. The maximum absolute atomic E-state index is 12.5. The third kappa shape index (κ3) is 2.52. The minimum atomic E-state index is -0.0124. The molecule has 2 aromatic carbocycles. The Morgan fingerprint density at radius 2 is 1.88 bits per heavy atom. The third-order valence-corrected chi connectivity index (χ3v) is 4.35. The van der Waals surface area contributed by atoms with Crippen molar-refractivity contribution in [2.24, 2.45) is 7.05 Å². The molecule has 0 saturated carbocycles. The van der Waals surface area contributed by atoms with E-state index in [9.17, 15) is 4.79 Å². The van der Waals surface area contributed by atoms with E-state index in [4.69, 9.17) is 0 Å². The van der Waals surface area contributed by atoms with Crippen molar-refractivity contribution in [2.75, 3.05) is 0 Å². The minimum Gasteiger partial charge on any atom is -0.336 e. The number of nitrogens with zero attached hydrogens (tertiary/aromatic N) is 3. The fourth-order valence-corrected chi connectivity index (χ4v) is 2.99. The van der Waals surface area contributed by atoms with Gasteiger partial charge >= 0.3 is 0 Å². The van der Waals surface area contributed by atoms with Crippen LogP contribution in [-0.2, 0) is 13.6 Å². The molecular formula is C20H17N3O. The van der Waals surface area contributed by atoms with E-state index in [0.717, 1.165) is 22.2 Å². The number of hydrogen-bond acceptors (Lipinski definition) is 2. The quantitative estimate of drug-likeness (QED) is 0.581. The molecule has 24 heavy (non-hydrogen) atoms.